The third-order valence-electron chi connectivity index (χ3n) is 3.42. The Kier molecular flexibility index (Phi) is 2.96. The highest BCUT2D eigenvalue weighted by atomic mass is 16.5. The minimum absolute atomic E-state index is 0.889. The van der Waals surface area contributed by atoms with Crippen LogP contribution in [-0.4, -0.2) is 7.11 Å². The van der Waals surface area contributed by atoms with E-state index in [-0.39, 0.29) is 0 Å². The summed E-state index contributed by atoms with van der Waals surface area (Å²) in [4.78, 5) is 0. The quantitative estimate of drug-likeness (QED) is 0.631. The summed E-state index contributed by atoms with van der Waals surface area (Å²) in [6.07, 6.45) is 0. The Labute approximate surface area is 113 Å². The van der Waals surface area contributed by atoms with Gasteiger partial charge in [0.15, 0.2) is 0 Å². The van der Waals surface area contributed by atoms with Crippen molar-refractivity contribution in [2.75, 3.05) is 7.11 Å². The monoisotopic (exact) mass is 248 g/mol. The first-order valence-electron chi connectivity index (χ1n) is 6.41. The van der Waals surface area contributed by atoms with Crippen molar-refractivity contribution in [3.05, 3.63) is 66.2 Å². The van der Waals surface area contributed by atoms with E-state index in [9.17, 15) is 0 Å². The van der Waals surface area contributed by atoms with Gasteiger partial charge in [0.1, 0.15) is 5.75 Å². The second kappa shape index (κ2) is 4.77. The maximum Gasteiger partial charge on any atom is 0.118 e. The molecule has 0 aliphatic carbocycles. The molecule has 0 aliphatic rings. The zero-order valence-corrected chi connectivity index (χ0v) is 11.2. The molecule has 19 heavy (non-hydrogen) atoms. The topological polar surface area (TPSA) is 9.23 Å². The van der Waals surface area contributed by atoms with Crippen LogP contribution in [0.15, 0.2) is 60.7 Å². The van der Waals surface area contributed by atoms with Gasteiger partial charge in [0.05, 0.1) is 7.11 Å². The number of hydrogen-bond acceptors (Lipinski definition) is 1. The van der Waals surface area contributed by atoms with E-state index in [1.165, 1.54) is 27.5 Å². The van der Waals surface area contributed by atoms with Gasteiger partial charge in [-0.1, -0.05) is 48.0 Å². The molecular formula is C18H16O. The Hall–Kier alpha value is -2.28. The number of ether oxygens (including phenoxy) is 1. The summed E-state index contributed by atoms with van der Waals surface area (Å²) in [7, 11) is 1.69. The summed E-state index contributed by atoms with van der Waals surface area (Å²) in [5, 5.41) is 2.57. The summed E-state index contributed by atoms with van der Waals surface area (Å²) < 4.78 is 5.19. The van der Waals surface area contributed by atoms with Crippen LogP contribution in [0.5, 0.6) is 5.75 Å². The molecule has 0 saturated carbocycles. The first kappa shape index (κ1) is 11.8. The smallest absolute Gasteiger partial charge is 0.118 e. The van der Waals surface area contributed by atoms with Crippen molar-refractivity contribution in [2.45, 2.75) is 6.92 Å². The van der Waals surface area contributed by atoms with E-state index in [1.807, 2.05) is 12.1 Å². The number of aryl methyl sites for hydroxylation is 1. The number of hydrogen-bond donors (Lipinski definition) is 0. The fraction of sp³-hybridized carbons (Fsp3) is 0.111. The minimum Gasteiger partial charge on any atom is -0.497 e. The molecule has 3 rings (SSSR count). The summed E-state index contributed by atoms with van der Waals surface area (Å²) in [5.74, 6) is 0.889. The van der Waals surface area contributed by atoms with Gasteiger partial charge in [0.2, 0.25) is 0 Å². The Balaban J connectivity index is 2.06. The Morgan fingerprint density at radius 1 is 0.684 bits per heavy atom. The van der Waals surface area contributed by atoms with E-state index in [2.05, 4.69) is 55.5 Å². The highest BCUT2D eigenvalue weighted by Crippen LogP contribution is 2.26. The molecule has 0 radical (unpaired) electrons. The third kappa shape index (κ3) is 2.32. The van der Waals surface area contributed by atoms with Crippen molar-refractivity contribution >= 4 is 10.8 Å². The number of benzene rings is 3. The van der Waals surface area contributed by atoms with Crippen molar-refractivity contribution in [2.24, 2.45) is 0 Å². The molecule has 1 heteroatoms. The molecule has 0 amide bonds. The van der Waals surface area contributed by atoms with Crippen molar-refractivity contribution < 1.29 is 4.74 Å². The largest absolute Gasteiger partial charge is 0.497 e. The van der Waals surface area contributed by atoms with Crippen molar-refractivity contribution in [1.29, 1.82) is 0 Å². The van der Waals surface area contributed by atoms with Crippen LogP contribution >= 0.6 is 0 Å². The Morgan fingerprint density at radius 2 is 1.32 bits per heavy atom. The van der Waals surface area contributed by atoms with Crippen LogP contribution in [0.3, 0.4) is 0 Å². The molecule has 0 spiro atoms. The van der Waals surface area contributed by atoms with Gasteiger partial charge in [0, 0.05) is 0 Å². The predicted molar refractivity (Wildman–Crippen MR) is 80.7 cm³/mol. The Morgan fingerprint density at radius 3 is 2.05 bits per heavy atom. The lowest BCUT2D eigenvalue weighted by atomic mass is 10.0. The molecule has 94 valence electrons. The second-order valence-electron chi connectivity index (χ2n) is 4.79. The molecule has 0 saturated heterocycles. The van der Waals surface area contributed by atoms with Gasteiger partial charge in [-0.05, 0) is 47.0 Å². The summed E-state index contributed by atoms with van der Waals surface area (Å²) >= 11 is 0. The number of fused-ring (bicyclic) bond motifs is 1. The van der Waals surface area contributed by atoms with E-state index in [4.69, 9.17) is 4.74 Å². The molecule has 3 aromatic carbocycles. The Bertz CT molecular complexity index is 711. The van der Waals surface area contributed by atoms with E-state index < -0.39 is 0 Å². The van der Waals surface area contributed by atoms with Crippen LogP contribution < -0.4 is 4.74 Å². The first-order chi connectivity index (χ1) is 9.26. The maximum atomic E-state index is 5.19. The molecule has 1 nitrogen and oxygen atoms in total. The van der Waals surface area contributed by atoms with Gasteiger partial charge in [0.25, 0.3) is 0 Å². The van der Waals surface area contributed by atoms with Crippen LogP contribution in [-0.2, 0) is 0 Å². The zero-order chi connectivity index (χ0) is 13.2. The van der Waals surface area contributed by atoms with E-state index in [1.54, 1.807) is 7.11 Å². The highest BCUT2D eigenvalue weighted by molar-refractivity contribution is 5.87. The molecule has 0 atom stereocenters. The van der Waals surface area contributed by atoms with Gasteiger partial charge < -0.3 is 4.74 Å². The van der Waals surface area contributed by atoms with E-state index in [0.29, 0.717) is 0 Å². The van der Waals surface area contributed by atoms with Crippen molar-refractivity contribution in [1.82, 2.24) is 0 Å². The lowest BCUT2D eigenvalue weighted by Gasteiger charge is -2.06. The van der Waals surface area contributed by atoms with Crippen LogP contribution in [0.4, 0.5) is 0 Å². The molecule has 0 heterocycles. The van der Waals surface area contributed by atoms with Crippen LogP contribution in [0.2, 0.25) is 0 Å². The second-order valence-corrected chi connectivity index (χ2v) is 4.79. The van der Waals surface area contributed by atoms with Gasteiger partial charge in [-0.3, -0.25) is 0 Å². The highest BCUT2D eigenvalue weighted by Gasteiger charge is 2.00. The number of methoxy groups -OCH3 is 1. The van der Waals surface area contributed by atoms with Crippen LogP contribution in [0.25, 0.3) is 21.9 Å². The predicted octanol–water partition coefficient (Wildman–Crippen LogP) is 4.82. The summed E-state index contributed by atoms with van der Waals surface area (Å²) in [6.45, 7) is 2.12. The molecule has 0 unspecified atom stereocenters. The summed E-state index contributed by atoms with van der Waals surface area (Å²) in [6, 6.07) is 21.3. The van der Waals surface area contributed by atoms with E-state index in [0.717, 1.165) is 5.75 Å². The summed E-state index contributed by atoms with van der Waals surface area (Å²) in [5.41, 5.74) is 3.74. The lowest BCUT2D eigenvalue weighted by Crippen LogP contribution is -1.83. The van der Waals surface area contributed by atoms with Gasteiger partial charge in [-0.25, -0.2) is 0 Å². The third-order valence-corrected chi connectivity index (χ3v) is 3.42. The van der Waals surface area contributed by atoms with Crippen molar-refractivity contribution in [3.63, 3.8) is 0 Å². The first-order valence-corrected chi connectivity index (χ1v) is 6.41. The molecule has 0 aromatic heterocycles. The average Bonchev–Trinajstić information content (AvgIpc) is 2.47. The molecule has 0 aliphatic heterocycles. The average molecular weight is 248 g/mol. The van der Waals surface area contributed by atoms with Crippen LogP contribution in [0, 0.1) is 6.92 Å². The molecule has 0 fully saturated rings. The van der Waals surface area contributed by atoms with Gasteiger partial charge >= 0.3 is 0 Å². The lowest BCUT2D eigenvalue weighted by molar-refractivity contribution is 0.415. The normalized spacial score (nSPS) is 10.6. The van der Waals surface area contributed by atoms with E-state index >= 15 is 0 Å². The molecule has 0 N–H and O–H groups in total. The maximum absolute atomic E-state index is 5.19. The fourth-order valence-corrected chi connectivity index (χ4v) is 2.33. The van der Waals surface area contributed by atoms with Gasteiger partial charge in [-0.15, -0.1) is 0 Å². The zero-order valence-electron chi connectivity index (χ0n) is 11.2. The minimum atomic E-state index is 0.889. The van der Waals surface area contributed by atoms with Crippen molar-refractivity contribution in [3.8, 4) is 16.9 Å². The van der Waals surface area contributed by atoms with Gasteiger partial charge in [-0.2, -0.15) is 0 Å². The number of rotatable bonds is 2. The molecular weight excluding hydrogens is 232 g/mol. The fourth-order valence-electron chi connectivity index (χ4n) is 2.33. The standard InChI is InChI=1S/C18H16O/c1-13-3-4-17-12-16(6-5-15(17)11-13)14-7-9-18(19-2)10-8-14/h3-12H,1-2H3. The molecule has 0 bridgehead atoms. The van der Waals surface area contributed by atoms with Crippen LogP contribution in [0.1, 0.15) is 5.56 Å². The molecule has 3 aromatic rings. The SMILES string of the molecule is COc1ccc(-c2ccc3cc(C)ccc3c2)cc1.